The highest BCUT2D eigenvalue weighted by atomic mass is 79.9. The van der Waals surface area contributed by atoms with Crippen molar-refractivity contribution >= 4 is 32.9 Å². The van der Waals surface area contributed by atoms with Crippen LogP contribution in [0.5, 0.6) is 0 Å². The zero-order valence-electron chi connectivity index (χ0n) is 12.6. The molecule has 2 aromatic rings. The Morgan fingerprint density at radius 1 is 1.50 bits per heavy atom. The molecule has 3 heterocycles. The molecule has 0 aromatic carbocycles. The van der Waals surface area contributed by atoms with Gasteiger partial charge in [0.1, 0.15) is 22.9 Å². The van der Waals surface area contributed by atoms with Gasteiger partial charge in [0.05, 0.1) is 0 Å². The summed E-state index contributed by atoms with van der Waals surface area (Å²) in [4.78, 5) is 31.0. The van der Waals surface area contributed by atoms with Crippen molar-refractivity contribution in [1.29, 1.82) is 0 Å². The molecule has 22 heavy (non-hydrogen) atoms. The number of hydrogen-bond donors (Lipinski definition) is 0. The number of aryl methyl sites for hydroxylation is 1. The third-order valence-electron chi connectivity index (χ3n) is 4.08. The summed E-state index contributed by atoms with van der Waals surface area (Å²) in [5, 5.41) is 4.54. The topological polar surface area (TPSA) is 73.0 Å². The Hall–Kier alpha value is -1.70. The van der Waals surface area contributed by atoms with Gasteiger partial charge in [0, 0.05) is 20.1 Å². The maximum atomic E-state index is 12.5. The first-order valence-corrected chi connectivity index (χ1v) is 8.12. The highest BCUT2D eigenvalue weighted by Crippen LogP contribution is 2.18. The van der Waals surface area contributed by atoms with Gasteiger partial charge in [-0.2, -0.15) is 5.10 Å². The third-order valence-corrected chi connectivity index (χ3v) is 4.64. The quantitative estimate of drug-likeness (QED) is 0.797. The average Bonchev–Trinajstić information content (AvgIpc) is 2.77. The van der Waals surface area contributed by atoms with Crippen LogP contribution in [-0.2, 0) is 18.4 Å². The van der Waals surface area contributed by atoms with E-state index in [0.717, 1.165) is 25.9 Å². The number of piperidine rings is 1. The molecule has 0 spiro atoms. The summed E-state index contributed by atoms with van der Waals surface area (Å²) in [6.07, 6.45) is 3.59. The number of rotatable bonds is 2. The fourth-order valence-electron chi connectivity index (χ4n) is 2.91. The highest BCUT2D eigenvalue weighted by molar-refractivity contribution is 9.10. The molecule has 2 aromatic heterocycles. The van der Waals surface area contributed by atoms with E-state index < -0.39 is 0 Å². The van der Waals surface area contributed by atoms with Crippen molar-refractivity contribution in [3.8, 4) is 0 Å². The lowest BCUT2D eigenvalue weighted by Crippen LogP contribution is -2.42. The van der Waals surface area contributed by atoms with E-state index in [-0.39, 0.29) is 18.0 Å². The first kappa shape index (κ1) is 15.2. The SMILES string of the molecule is CC1CCCN(C(=O)Cn2cnc3c(c(Br)nn3C)c2=O)C1. The number of carbonyl (C=O) groups is 1. The molecule has 0 aliphatic carbocycles. The Kier molecular flexibility index (Phi) is 4.03. The molecule has 0 N–H and O–H groups in total. The normalized spacial score (nSPS) is 18.9. The zero-order valence-corrected chi connectivity index (χ0v) is 14.2. The van der Waals surface area contributed by atoms with Crippen LogP contribution in [0.1, 0.15) is 19.8 Å². The molecule has 118 valence electrons. The minimum absolute atomic E-state index is 0.0236. The lowest BCUT2D eigenvalue weighted by Gasteiger charge is -2.31. The Bertz CT molecular complexity index is 781. The zero-order chi connectivity index (χ0) is 15.9. The number of halogens is 1. The lowest BCUT2D eigenvalue weighted by molar-refractivity contribution is -0.133. The number of fused-ring (bicyclic) bond motifs is 1. The highest BCUT2D eigenvalue weighted by Gasteiger charge is 2.22. The van der Waals surface area contributed by atoms with Crippen molar-refractivity contribution in [2.24, 2.45) is 13.0 Å². The summed E-state index contributed by atoms with van der Waals surface area (Å²) in [5.74, 6) is 0.484. The smallest absolute Gasteiger partial charge is 0.266 e. The van der Waals surface area contributed by atoms with Crippen LogP contribution in [0, 0.1) is 5.92 Å². The van der Waals surface area contributed by atoms with Crippen molar-refractivity contribution in [3.05, 3.63) is 21.3 Å². The minimum Gasteiger partial charge on any atom is -0.341 e. The summed E-state index contributed by atoms with van der Waals surface area (Å²) < 4.78 is 3.35. The molecule has 1 atom stereocenters. The van der Waals surface area contributed by atoms with E-state index in [9.17, 15) is 9.59 Å². The number of hydrogen-bond acceptors (Lipinski definition) is 4. The molecule has 8 heteroatoms. The molecule has 1 aliphatic rings. The van der Waals surface area contributed by atoms with Crippen molar-refractivity contribution in [2.45, 2.75) is 26.3 Å². The summed E-state index contributed by atoms with van der Waals surface area (Å²) in [5.41, 5.74) is 0.260. The second-order valence-electron chi connectivity index (χ2n) is 5.88. The van der Waals surface area contributed by atoms with E-state index in [4.69, 9.17) is 0 Å². The molecular formula is C14H18BrN5O2. The molecule has 1 aliphatic heterocycles. The monoisotopic (exact) mass is 367 g/mol. The van der Waals surface area contributed by atoms with E-state index >= 15 is 0 Å². The van der Waals surface area contributed by atoms with Gasteiger partial charge < -0.3 is 4.90 Å². The van der Waals surface area contributed by atoms with Gasteiger partial charge in [-0.3, -0.25) is 14.2 Å². The number of nitrogens with zero attached hydrogens (tertiary/aromatic N) is 5. The molecule has 1 saturated heterocycles. The second kappa shape index (κ2) is 5.83. The van der Waals surface area contributed by atoms with Gasteiger partial charge in [0.15, 0.2) is 5.65 Å². The number of likely N-dealkylation sites (tertiary alicyclic amines) is 1. The minimum atomic E-state index is -0.247. The van der Waals surface area contributed by atoms with Crippen LogP contribution in [0.2, 0.25) is 0 Å². The van der Waals surface area contributed by atoms with Crippen LogP contribution in [0.4, 0.5) is 0 Å². The second-order valence-corrected chi connectivity index (χ2v) is 6.63. The maximum Gasteiger partial charge on any atom is 0.266 e. The Balaban J connectivity index is 1.88. The van der Waals surface area contributed by atoms with Gasteiger partial charge in [-0.25, -0.2) is 9.67 Å². The van der Waals surface area contributed by atoms with E-state index in [1.165, 1.54) is 10.9 Å². The molecule has 1 unspecified atom stereocenters. The standard InChI is InChI=1S/C14H18BrN5O2/c1-9-4-3-5-19(6-9)10(21)7-20-8-16-13-11(14(20)22)12(15)17-18(13)2/h8-9H,3-7H2,1-2H3. The van der Waals surface area contributed by atoms with Crippen LogP contribution < -0.4 is 5.56 Å². The summed E-state index contributed by atoms with van der Waals surface area (Å²) >= 11 is 3.27. The van der Waals surface area contributed by atoms with Crippen LogP contribution in [-0.4, -0.2) is 43.2 Å². The van der Waals surface area contributed by atoms with Gasteiger partial charge in [-0.1, -0.05) is 6.92 Å². The first-order valence-electron chi connectivity index (χ1n) is 7.32. The predicted octanol–water partition coefficient (Wildman–Crippen LogP) is 1.15. The van der Waals surface area contributed by atoms with Gasteiger partial charge in [-0.05, 0) is 34.7 Å². The van der Waals surface area contributed by atoms with Crippen LogP contribution in [0.15, 0.2) is 15.7 Å². The van der Waals surface area contributed by atoms with Crippen LogP contribution in [0.25, 0.3) is 11.0 Å². The molecule has 1 amide bonds. The predicted molar refractivity (Wildman–Crippen MR) is 85.4 cm³/mol. The van der Waals surface area contributed by atoms with E-state index in [2.05, 4.69) is 32.9 Å². The number of aromatic nitrogens is 4. The summed E-state index contributed by atoms with van der Waals surface area (Å²) in [6, 6.07) is 0. The van der Waals surface area contributed by atoms with Crippen molar-refractivity contribution in [2.75, 3.05) is 13.1 Å². The van der Waals surface area contributed by atoms with Gasteiger partial charge in [-0.15, -0.1) is 0 Å². The molecular weight excluding hydrogens is 350 g/mol. The third kappa shape index (κ3) is 2.67. The molecule has 0 radical (unpaired) electrons. The van der Waals surface area contributed by atoms with Crippen molar-refractivity contribution in [1.82, 2.24) is 24.2 Å². The summed E-state index contributed by atoms with van der Waals surface area (Å²) in [6.45, 7) is 3.70. The molecule has 7 nitrogen and oxygen atoms in total. The van der Waals surface area contributed by atoms with Crippen molar-refractivity contribution in [3.63, 3.8) is 0 Å². The fourth-order valence-corrected chi connectivity index (χ4v) is 3.49. The van der Waals surface area contributed by atoms with Gasteiger partial charge in [0.2, 0.25) is 5.91 Å². The molecule has 0 saturated carbocycles. The van der Waals surface area contributed by atoms with Crippen LogP contribution in [0.3, 0.4) is 0 Å². The molecule has 0 bridgehead atoms. The molecule has 1 fully saturated rings. The molecule has 3 rings (SSSR count). The maximum absolute atomic E-state index is 12.5. The van der Waals surface area contributed by atoms with Gasteiger partial charge in [0.25, 0.3) is 5.56 Å². The largest absolute Gasteiger partial charge is 0.341 e. The van der Waals surface area contributed by atoms with Gasteiger partial charge >= 0.3 is 0 Å². The average molecular weight is 368 g/mol. The number of amides is 1. The Morgan fingerprint density at radius 2 is 2.27 bits per heavy atom. The fraction of sp³-hybridized carbons (Fsp3) is 0.571. The first-order chi connectivity index (χ1) is 10.5. The lowest BCUT2D eigenvalue weighted by atomic mass is 10.0. The van der Waals surface area contributed by atoms with E-state index in [1.54, 1.807) is 11.7 Å². The Labute approximate surface area is 136 Å². The van der Waals surface area contributed by atoms with E-state index in [0.29, 0.717) is 21.6 Å². The Morgan fingerprint density at radius 3 is 3.00 bits per heavy atom. The number of carbonyl (C=O) groups excluding carboxylic acids is 1. The van der Waals surface area contributed by atoms with E-state index in [1.807, 2.05) is 4.90 Å². The van der Waals surface area contributed by atoms with Crippen LogP contribution >= 0.6 is 15.9 Å². The van der Waals surface area contributed by atoms with Crippen molar-refractivity contribution < 1.29 is 4.79 Å². The summed E-state index contributed by atoms with van der Waals surface area (Å²) in [7, 11) is 1.73.